The number of hydrogen-bond acceptors (Lipinski definition) is 4. The fraction of sp³-hybridized carbons (Fsp3) is 0.429. The summed E-state index contributed by atoms with van der Waals surface area (Å²) >= 11 is 0. The second kappa shape index (κ2) is 7.65. The van der Waals surface area contributed by atoms with Gasteiger partial charge < -0.3 is 4.18 Å². The van der Waals surface area contributed by atoms with Crippen molar-refractivity contribution >= 4 is 10.1 Å². The van der Waals surface area contributed by atoms with E-state index in [0.29, 0.717) is 0 Å². The Kier molecular flexibility index (Phi) is 5.33. The quantitative estimate of drug-likeness (QED) is 0.531. The van der Waals surface area contributed by atoms with E-state index in [9.17, 15) is 21.6 Å². The largest absolute Gasteiger partial charge is 0.534 e. The average molecular weight is 425 g/mol. The molecular formula is C21H22F3NO3S. The molecular weight excluding hydrogens is 403 g/mol. The van der Waals surface area contributed by atoms with Crippen LogP contribution in [0.3, 0.4) is 0 Å². The minimum absolute atomic E-state index is 0.0681. The molecule has 0 aromatic heterocycles. The van der Waals surface area contributed by atoms with Crippen LogP contribution in [0.4, 0.5) is 13.2 Å². The van der Waals surface area contributed by atoms with E-state index in [-0.39, 0.29) is 17.7 Å². The fourth-order valence-electron chi connectivity index (χ4n) is 4.31. The van der Waals surface area contributed by atoms with Gasteiger partial charge in [-0.05, 0) is 67.6 Å². The number of rotatable bonds is 5. The summed E-state index contributed by atoms with van der Waals surface area (Å²) in [4.78, 5) is 2.41. The van der Waals surface area contributed by atoms with E-state index in [4.69, 9.17) is 0 Å². The topological polar surface area (TPSA) is 46.6 Å². The van der Waals surface area contributed by atoms with Crippen LogP contribution in [0.5, 0.6) is 5.75 Å². The van der Waals surface area contributed by atoms with Gasteiger partial charge >= 0.3 is 15.6 Å². The third-order valence-corrected chi connectivity index (χ3v) is 6.82. The standard InChI is InChI=1S/C21H22F3NO3S/c22-21(23,24)29(26,27)28-17-9-7-16-8-10-20(25-11-4-12-25)19(18(16)14-17)13-15-5-2-1-3-6-15/h1-3,5-7,9,14,19-20H,4,8,10-13H2/t19-,20+/m1/s1. The van der Waals surface area contributed by atoms with Gasteiger partial charge in [-0.1, -0.05) is 36.4 Å². The minimum atomic E-state index is -5.69. The number of benzene rings is 2. The summed E-state index contributed by atoms with van der Waals surface area (Å²) in [5.41, 5.74) is -2.39. The molecule has 0 N–H and O–H groups in total. The van der Waals surface area contributed by atoms with Gasteiger partial charge in [-0.3, -0.25) is 4.90 Å². The van der Waals surface area contributed by atoms with Crippen LogP contribution in [0.15, 0.2) is 48.5 Å². The van der Waals surface area contributed by atoms with Crippen molar-refractivity contribution in [2.75, 3.05) is 13.1 Å². The van der Waals surface area contributed by atoms with Crippen molar-refractivity contribution in [2.24, 2.45) is 0 Å². The Labute approximate surface area is 168 Å². The summed E-state index contributed by atoms with van der Waals surface area (Å²) in [6.45, 7) is 2.04. The first-order valence-corrected chi connectivity index (χ1v) is 11.1. The Morgan fingerprint density at radius 1 is 1.07 bits per heavy atom. The molecule has 2 aliphatic rings. The lowest BCUT2D eigenvalue weighted by Crippen LogP contribution is -2.49. The van der Waals surface area contributed by atoms with E-state index >= 15 is 0 Å². The molecule has 29 heavy (non-hydrogen) atoms. The Bertz CT molecular complexity index is 972. The van der Waals surface area contributed by atoms with Crippen molar-refractivity contribution in [1.82, 2.24) is 4.90 Å². The number of nitrogens with zero attached hydrogens (tertiary/aromatic N) is 1. The van der Waals surface area contributed by atoms with Crippen LogP contribution in [-0.4, -0.2) is 38.0 Å². The Morgan fingerprint density at radius 3 is 2.41 bits per heavy atom. The molecule has 1 saturated heterocycles. The molecule has 1 fully saturated rings. The average Bonchev–Trinajstić information content (AvgIpc) is 2.62. The van der Waals surface area contributed by atoms with Crippen molar-refractivity contribution in [1.29, 1.82) is 0 Å². The minimum Gasteiger partial charge on any atom is -0.376 e. The summed E-state index contributed by atoms with van der Waals surface area (Å²) < 4.78 is 65.4. The molecule has 2 aromatic rings. The van der Waals surface area contributed by atoms with E-state index in [1.165, 1.54) is 12.1 Å². The first kappa shape index (κ1) is 20.2. The van der Waals surface area contributed by atoms with Gasteiger partial charge in [0, 0.05) is 12.0 Å². The number of hydrogen-bond donors (Lipinski definition) is 0. The second-order valence-electron chi connectivity index (χ2n) is 7.64. The number of alkyl halides is 3. The molecule has 8 heteroatoms. The van der Waals surface area contributed by atoms with E-state index in [2.05, 4.69) is 9.08 Å². The van der Waals surface area contributed by atoms with Gasteiger partial charge in [0.1, 0.15) is 5.75 Å². The molecule has 0 amide bonds. The Morgan fingerprint density at radius 2 is 1.79 bits per heavy atom. The van der Waals surface area contributed by atoms with Crippen molar-refractivity contribution in [3.63, 3.8) is 0 Å². The first-order chi connectivity index (χ1) is 13.7. The molecule has 4 rings (SSSR count). The second-order valence-corrected chi connectivity index (χ2v) is 9.17. The monoisotopic (exact) mass is 425 g/mol. The van der Waals surface area contributed by atoms with Crippen molar-refractivity contribution in [2.45, 2.75) is 43.2 Å². The summed E-state index contributed by atoms with van der Waals surface area (Å²) in [6, 6.07) is 14.7. The maximum absolute atomic E-state index is 12.7. The zero-order chi connectivity index (χ0) is 20.6. The maximum Gasteiger partial charge on any atom is 0.534 e. The first-order valence-electron chi connectivity index (χ1n) is 9.66. The predicted octanol–water partition coefficient (Wildman–Crippen LogP) is 4.26. The SMILES string of the molecule is O=S(=O)(Oc1ccc2c(c1)[C@@H](Cc1ccccc1)[C@@H](N1CCC1)CC2)C(F)(F)F. The highest BCUT2D eigenvalue weighted by atomic mass is 32.2. The molecule has 0 radical (unpaired) electrons. The predicted molar refractivity (Wildman–Crippen MR) is 103 cm³/mol. The van der Waals surface area contributed by atoms with Gasteiger partial charge in [0.15, 0.2) is 0 Å². The lowest BCUT2D eigenvalue weighted by atomic mass is 9.75. The smallest absolute Gasteiger partial charge is 0.376 e. The molecule has 4 nitrogen and oxygen atoms in total. The van der Waals surface area contributed by atoms with Crippen LogP contribution in [-0.2, 0) is 23.0 Å². The summed E-state index contributed by atoms with van der Waals surface area (Å²) in [6.07, 6.45) is 3.68. The van der Waals surface area contributed by atoms with Crippen LogP contribution in [0, 0.1) is 0 Å². The highest BCUT2D eigenvalue weighted by molar-refractivity contribution is 7.88. The molecule has 0 unspecified atom stereocenters. The normalized spacial score (nSPS) is 22.6. The number of aryl methyl sites for hydroxylation is 1. The lowest BCUT2D eigenvalue weighted by molar-refractivity contribution is -0.0500. The summed E-state index contributed by atoms with van der Waals surface area (Å²) in [5.74, 6) is -0.220. The lowest BCUT2D eigenvalue weighted by Gasteiger charge is -2.45. The Balaban J connectivity index is 1.68. The zero-order valence-electron chi connectivity index (χ0n) is 15.7. The van der Waals surface area contributed by atoms with E-state index in [1.54, 1.807) is 6.07 Å². The molecule has 1 aliphatic heterocycles. The molecule has 1 aliphatic carbocycles. The van der Waals surface area contributed by atoms with Gasteiger partial charge in [-0.15, -0.1) is 0 Å². The van der Waals surface area contributed by atoms with Crippen LogP contribution in [0.2, 0.25) is 0 Å². The summed E-state index contributed by atoms with van der Waals surface area (Å²) in [5, 5.41) is 0. The van der Waals surface area contributed by atoms with Gasteiger partial charge in [0.2, 0.25) is 0 Å². The van der Waals surface area contributed by atoms with Crippen LogP contribution < -0.4 is 4.18 Å². The van der Waals surface area contributed by atoms with Gasteiger partial charge in [0.05, 0.1) is 0 Å². The zero-order valence-corrected chi connectivity index (χ0v) is 16.5. The summed E-state index contributed by atoms with van der Waals surface area (Å²) in [7, 11) is -5.69. The van der Waals surface area contributed by atoms with Crippen LogP contribution >= 0.6 is 0 Å². The maximum atomic E-state index is 12.7. The van der Waals surface area contributed by atoms with E-state index in [1.807, 2.05) is 30.3 Å². The van der Waals surface area contributed by atoms with Gasteiger partial charge in [-0.2, -0.15) is 21.6 Å². The number of halogens is 3. The number of fused-ring (bicyclic) bond motifs is 1. The highest BCUT2D eigenvalue weighted by Crippen LogP contribution is 2.40. The fourth-order valence-corrected chi connectivity index (χ4v) is 4.76. The molecule has 0 spiro atoms. The number of likely N-dealkylation sites (tertiary alicyclic amines) is 1. The Hall–Kier alpha value is -2.06. The van der Waals surface area contributed by atoms with E-state index < -0.39 is 15.6 Å². The molecule has 1 heterocycles. The molecule has 2 atom stereocenters. The van der Waals surface area contributed by atoms with Crippen LogP contribution in [0.1, 0.15) is 35.4 Å². The highest BCUT2D eigenvalue weighted by Gasteiger charge is 2.48. The van der Waals surface area contributed by atoms with Crippen molar-refractivity contribution < 1.29 is 25.8 Å². The molecule has 156 valence electrons. The van der Waals surface area contributed by atoms with Crippen molar-refractivity contribution in [3.8, 4) is 5.75 Å². The van der Waals surface area contributed by atoms with Crippen molar-refractivity contribution in [3.05, 3.63) is 65.2 Å². The third-order valence-electron chi connectivity index (χ3n) is 5.84. The molecule has 0 bridgehead atoms. The molecule has 2 aromatic carbocycles. The van der Waals surface area contributed by atoms with Gasteiger partial charge in [-0.25, -0.2) is 0 Å². The van der Waals surface area contributed by atoms with Crippen LogP contribution in [0.25, 0.3) is 0 Å². The molecule has 0 saturated carbocycles. The van der Waals surface area contributed by atoms with Gasteiger partial charge in [0.25, 0.3) is 0 Å². The third kappa shape index (κ3) is 4.14. The van der Waals surface area contributed by atoms with E-state index in [0.717, 1.165) is 55.5 Å².